The Kier molecular flexibility index (Phi) is 5.41. The van der Waals surface area contributed by atoms with Gasteiger partial charge in [0.15, 0.2) is 0 Å². The molecule has 1 rings (SSSR count). The quantitative estimate of drug-likeness (QED) is 0.687. The van der Waals surface area contributed by atoms with Crippen LogP contribution in [-0.4, -0.2) is 35.7 Å². The lowest BCUT2D eigenvalue weighted by Gasteiger charge is -2.12. The topological polar surface area (TPSA) is 75.6 Å². The molecule has 0 spiro atoms. The molecule has 3 unspecified atom stereocenters. The molecule has 1 amide bonds. The minimum absolute atomic E-state index is 0.0719. The summed E-state index contributed by atoms with van der Waals surface area (Å²) in [5.74, 6) is -1.21. The molecule has 1 fully saturated rings. The average Bonchev–Trinajstić information content (AvgIpc) is 2.70. The van der Waals surface area contributed by atoms with Crippen molar-refractivity contribution in [2.45, 2.75) is 51.7 Å². The summed E-state index contributed by atoms with van der Waals surface area (Å²) in [6.07, 6.45) is 2.81. The van der Waals surface area contributed by atoms with Crippen LogP contribution in [0, 0.1) is 5.92 Å². The zero-order chi connectivity index (χ0) is 12.8. The van der Waals surface area contributed by atoms with E-state index in [-0.39, 0.29) is 24.0 Å². The van der Waals surface area contributed by atoms with Gasteiger partial charge in [-0.2, -0.15) is 0 Å². The van der Waals surface area contributed by atoms with Crippen molar-refractivity contribution in [3.05, 3.63) is 0 Å². The van der Waals surface area contributed by atoms with Gasteiger partial charge in [0, 0.05) is 6.54 Å². The lowest BCUT2D eigenvalue weighted by Crippen LogP contribution is -2.35. The van der Waals surface area contributed by atoms with Crippen molar-refractivity contribution >= 4 is 11.9 Å². The summed E-state index contributed by atoms with van der Waals surface area (Å²) in [7, 11) is 0. The SMILES string of the molecule is CC1CCC(C(=O)NCCCC(C)C(=O)O)O1. The van der Waals surface area contributed by atoms with E-state index in [1.165, 1.54) is 0 Å². The van der Waals surface area contributed by atoms with Crippen LogP contribution in [0.25, 0.3) is 0 Å². The highest BCUT2D eigenvalue weighted by atomic mass is 16.5. The number of carbonyl (C=O) groups excluding carboxylic acids is 1. The smallest absolute Gasteiger partial charge is 0.306 e. The molecular formula is C12H21NO4. The van der Waals surface area contributed by atoms with Gasteiger partial charge in [-0.25, -0.2) is 0 Å². The van der Waals surface area contributed by atoms with Crippen molar-refractivity contribution in [3.8, 4) is 0 Å². The van der Waals surface area contributed by atoms with Crippen LogP contribution in [0.2, 0.25) is 0 Å². The van der Waals surface area contributed by atoms with Gasteiger partial charge in [0.25, 0.3) is 0 Å². The number of amides is 1. The van der Waals surface area contributed by atoms with Crippen LogP contribution >= 0.6 is 0 Å². The predicted octanol–water partition coefficient (Wildman–Crippen LogP) is 1.17. The minimum atomic E-state index is -0.788. The van der Waals surface area contributed by atoms with Gasteiger partial charge in [0.2, 0.25) is 5.91 Å². The molecule has 2 N–H and O–H groups in total. The fourth-order valence-electron chi connectivity index (χ4n) is 1.85. The van der Waals surface area contributed by atoms with Gasteiger partial charge in [0.05, 0.1) is 12.0 Å². The fourth-order valence-corrected chi connectivity index (χ4v) is 1.85. The van der Waals surface area contributed by atoms with Crippen molar-refractivity contribution in [1.82, 2.24) is 5.32 Å². The van der Waals surface area contributed by atoms with Crippen LogP contribution in [0.3, 0.4) is 0 Å². The van der Waals surface area contributed by atoms with E-state index in [4.69, 9.17) is 9.84 Å². The molecule has 0 bridgehead atoms. The second kappa shape index (κ2) is 6.59. The van der Waals surface area contributed by atoms with Gasteiger partial charge in [-0.15, -0.1) is 0 Å². The molecule has 0 aromatic carbocycles. The van der Waals surface area contributed by atoms with E-state index in [0.29, 0.717) is 19.4 Å². The normalized spacial score (nSPS) is 25.5. The zero-order valence-corrected chi connectivity index (χ0v) is 10.4. The van der Waals surface area contributed by atoms with Gasteiger partial charge < -0.3 is 15.2 Å². The van der Waals surface area contributed by atoms with Gasteiger partial charge in [0.1, 0.15) is 6.10 Å². The molecule has 0 aromatic rings. The Bertz CT molecular complexity index is 280. The summed E-state index contributed by atoms with van der Waals surface area (Å²) in [5, 5.41) is 11.5. The van der Waals surface area contributed by atoms with Crippen molar-refractivity contribution in [2.24, 2.45) is 5.92 Å². The maximum absolute atomic E-state index is 11.6. The number of hydrogen-bond acceptors (Lipinski definition) is 3. The molecule has 5 nitrogen and oxygen atoms in total. The summed E-state index contributed by atoms with van der Waals surface area (Å²) >= 11 is 0. The Morgan fingerprint density at radius 3 is 2.71 bits per heavy atom. The van der Waals surface area contributed by atoms with Gasteiger partial charge in [-0.3, -0.25) is 9.59 Å². The van der Waals surface area contributed by atoms with Crippen LogP contribution in [0.1, 0.15) is 39.5 Å². The van der Waals surface area contributed by atoms with Crippen molar-refractivity contribution in [1.29, 1.82) is 0 Å². The van der Waals surface area contributed by atoms with Crippen LogP contribution < -0.4 is 5.32 Å². The lowest BCUT2D eigenvalue weighted by molar-refractivity contribution is -0.141. The summed E-state index contributed by atoms with van der Waals surface area (Å²) in [6.45, 7) is 4.15. The standard InChI is InChI=1S/C12H21NO4/c1-8(12(15)16)4-3-7-13-11(14)10-6-5-9(2)17-10/h8-10H,3-7H2,1-2H3,(H,13,14)(H,15,16). The average molecular weight is 243 g/mol. The molecule has 1 saturated heterocycles. The van der Waals surface area contributed by atoms with E-state index in [1.54, 1.807) is 6.92 Å². The summed E-state index contributed by atoms with van der Waals surface area (Å²) < 4.78 is 5.43. The molecule has 1 aliphatic heterocycles. The van der Waals surface area contributed by atoms with Crippen molar-refractivity contribution in [2.75, 3.05) is 6.54 Å². The van der Waals surface area contributed by atoms with Crippen LogP contribution in [0.5, 0.6) is 0 Å². The first-order chi connectivity index (χ1) is 8.00. The summed E-state index contributed by atoms with van der Waals surface area (Å²) in [6, 6.07) is 0. The molecule has 17 heavy (non-hydrogen) atoms. The molecule has 0 saturated carbocycles. The van der Waals surface area contributed by atoms with Gasteiger partial charge in [-0.05, 0) is 32.6 Å². The monoisotopic (exact) mass is 243 g/mol. The van der Waals surface area contributed by atoms with E-state index < -0.39 is 5.97 Å². The number of rotatable bonds is 6. The second-order valence-corrected chi connectivity index (χ2v) is 4.69. The van der Waals surface area contributed by atoms with Gasteiger partial charge >= 0.3 is 5.97 Å². The van der Waals surface area contributed by atoms with Crippen LogP contribution in [-0.2, 0) is 14.3 Å². The molecule has 0 aromatic heterocycles. The van der Waals surface area contributed by atoms with Crippen LogP contribution in [0.15, 0.2) is 0 Å². The number of ether oxygens (including phenoxy) is 1. The summed E-state index contributed by atoms with van der Waals surface area (Å²) in [5.41, 5.74) is 0. The van der Waals surface area contributed by atoms with E-state index in [1.807, 2.05) is 6.92 Å². The second-order valence-electron chi connectivity index (χ2n) is 4.69. The van der Waals surface area contributed by atoms with E-state index in [0.717, 1.165) is 12.8 Å². The number of hydrogen-bond donors (Lipinski definition) is 2. The zero-order valence-electron chi connectivity index (χ0n) is 10.4. The molecular weight excluding hydrogens is 222 g/mol. The molecule has 5 heteroatoms. The Morgan fingerprint density at radius 1 is 1.47 bits per heavy atom. The highest BCUT2D eigenvalue weighted by Crippen LogP contribution is 2.18. The highest BCUT2D eigenvalue weighted by Gasteiger charge is 2.27. The third-order valence-electron chi connectivity index (χ3n) is 3.06. The maximum atomic E-state index is 11.6. The first-order valence-electron chi connectivity index (χ1n) is 6.16. The largest absolute Gasteiger partial charge is 0.481 e. The summed E-state index contributed by atoms with van der Waals surface area (Å²) in [4.78, 5) is 22.2. The van der Waals surface area contributed by atoms with E-state index in [2.05, 4.69) is 5.32 Å². The first kappa shape index (κ1) is 14.0. The molecule has 1 heterocycles. The lowest BCUT2D eigenvalue weighted by atomic mass is 10.1. The highest BCUT2D eigenvalue weighted by molar-refractivity contribution is 5.80. The Hall–Kier alpha value is -1.10. The molecule has 0 aliphatic carbocycles. The number of nitrogens with one attached hydrogen (secondary N) is 1. The van der Waals surface area contributed by atoms with Crippen molar-refractivity contribution in [3.63, 3.8) is 0 Å². The molecule has 98 valence electrons. The number of carboxylic acid groups (broad SMARTS) is 1. The van der Waals surface area contributed by atoms with Crippen molar-refractivity contribution < 1.29 is 19.4 Å². The molecule has 1 aliphatic rings. The third-order valence-corrected chi connectivity index (χ3v) is 3.06. The first-order valence-corrected chi connectivity index (χ1v) is 6.16. The van der Waals surface area contributed by atoms with Gasteiger partial charge in [-0.1, -0.05) is 6.92 Å². The van der Waals surface area contributed by atoms with E-state index >= 15 is 0 Å². The number of aliphatic carboxylic acids is 1. The van der Waals surface area contributed by atoms with Crippen LogP contribution in [0.4, 0.5) is 0 Å². The fraction of sp³-hybridized carbons (Fsp3) is 0.833. The molecule has 3 atom stereocenters. The Balaban J connectivity index is 2.10. The Labute approximate surface area is 102 Å². The predicted molar refractivity (Wildman–Crippen MR) is 62.6 cm³/mol. The number of carboxylic acids is 1. The minimum Gasteiger partial charge on any atom is -0.481 e. The maximum Gasteiger partial charge on any atom is 0.306 e. The Morgan fingerprint density at radius 2 is 2.18 bits per heavy atom. The van der Waals surface area contributed by atoms with E-state index in [9.17, 15) is 9.59 Å². The third kappa shape index (κ3) is 4.73. The number of carbonyl (C=O) groups is 2. The molecule has 0 radical (unpaired) electrons.